The zero-order chi connectivity index (χ0) is 20.5. The fourth-order valence-corrected chi connectivity index (χ4v) is 4.64. The molecule has 1 aromatic rings. The summed E-state index contributed by atoms with van der Waals surface area (Å²) in [5.74, 6) is 0.102. The highest BCUT2D eigenvalue weighted by Crippen LogP contribution is 2.42. The normalized spacial score (nSPS) is 19.0. The van der Waals surface area contributed by atoms with Crippen LogP contribution in [-0.4, -0.2) is 14.9 Å². The standard InChI is InChI=1S/C21H33F3O2Si/c1-19(2,3)27-26-20(4,5)17-13-15(21(22,23)24)11-12-16(17)18(25)14-9-7-6-8-10-14/h11-14,18,25H,6-10,27H2,1-5H3. The van der Waals surface area contributed by atoms with Crippen molar-refractivity contribution in [3.8, 4) is 0 Å². The maximum absolute atomic E-state index is 13.3. The van der Waals surface area contributed by atoms with Gasteiger partial charge in [0, 0.05) is 0 Å². The van der Waals surface area contributed by atoms with Crippen LogP contribution in [-0.2, 0) is 16.2 Å². The molecule has 0 spiro atoms. The van der Waals surface area contributed by atoms with Gasteiger partial charge in [-0.25, -0.2) is 0 Å². The molecule has 0 saturated heterocycles. The second-order valence-corrected chi connectivity index (χ2v) is 12.2. The van der Waals surface area contributed by atoms with Crippen LogP contribution in [0, 0.1) is 5.92 Å². The second kappa shape index (κ2) is 8.25. The first-order valence-corrected chi connectivity index (χ1v) is 11.1. The Labute approximate surface area is 163 Å². The lowest BCUT2D eigenvalue weighted by atomic mass is 9.79. The van der Waals surface area contributed by atoms with Gasteiger partial charge >= 0.3 is 6.18 Å². The van der Waals surface area contributed by atoms with Crippen LogP contribution in [0.5, 0.6) is 0 Å². The lowest BCUT2D eigenvalue weighted by molar-refractivity contribution is -0.137. The molecule has 0 radical (unpaired) electrons. The van der Waals surface area contributed by atoms with Crippen molar-refractivity contribution < 1.29 is 22.7 Å². The van der Waals surface area contributed by atoms with Crippen molar-refractivity contribution >= 4 is 9.76 Å². The molecule has 0 heterocycles. The van der Waals surface area contributed by atoms with Gasteiger partial charge in [0.05, 0.1) is 17.3 Å². The van der Waals surface area contributed by atoms with Crippen LogP contribution in [0.15, 0.2) is 18.2 Å². The molecule has 1 aromatic carbocycles. The number of alkyl halides is 3. The Balaban J connectivity index is 2.43. The zero-order valence-electron chi connectivity index (χ0n) is 17.1. The summed E-state index contributed by atoms with van der Waals surface area (Å²) >= 11 is 0. The molecule has 1 aliphatic carbocycles. The van der Waals surface area contributed by atoms with E-state index in [-0.39, 0.29) is 11.0 Å². The minimum absolute atomic E-state index is 0.0288. The van der Waals surface area contributed by atoms with Crippen molar-refractivity contribution in [3.05, 3.63) is 34.9 Å². The van der Waals surface area contributed by atoms with Crippen LogP contribution in [0.25, 0.3) is 0 Å². The fourth-order valence-electron chi connectivity index (χ4n) is 3.69. The van der Waals surface area contributed by atoms with Gasteiger partial charge in [-0.05, 0) is 60.9 Å². The number of halogens is 3. The third-order valence-electron chi connectivity index (χ3n) is 5.31. The number of aliphatic hydroxyl groups excluding tert-OH is 1. The Kier molecular flexibility index (Phi) is 6.86. The number of benzene rings is 1. The second-order valence-electron chi connectivity index (χ2n) is 9.50. The molecule has 0 aromatic heterocycles. The SMILES string of the molecule is CC(C)(C)[SiH2]OC(C)(C)c1cc(C(F)(F)F)ccc1C(O)C1CCCCC1. The Morgan fingerprint density at radius 3 is 2.15 bits per heavy atom. The Bertz CT molecular complexity index is 629. The molecule has 2 nitrogen and oxygen atoms in total. The number of rotatable bonds is 5. The van der Waals surface area contributed by atoms with E-state index in [0.717, 1.165) is 38.2 Å². The first-order valence-electron chi connectivity index (χ1n) is 9.85. The summed E-state index contributed by atoms with van der Waals surface area (Å²) in [6.45, 7) is 9.88. The largest absolute Gasteiger partial charge is 0.416 e. The highest BCUT2D eigenvalue weighted by molar-refractivity contribution is 6.31. The fraction of sp³-hybridized carbons (Fsp3) is 0.714. The summed E-state index contributed by atoms with van der Waals surface area (Å²) in [6, 6.07) is 3.72. The van der Waals surface area contributed by atoms with Crippen LogP contribution in [0.4, 0.5) is 13.2 Å². The van der Waals surface area contributed by atoms with Gasteiger partial charge in [-0.15, -0.1) is 0 Å². The van der Waals surface area contributed by atoms with E-state index >= 15 is 0 Å². The van der Waals surface area contributed by atoms with Crippen molar-refractivity contribution in [2.45, 2.75) is 89.6 Å². The third kappa shape index (κ3) is 6.06. The van der Waals surface area contributed by atoms with Crippen LogP contribution < -0.4 is 0 Å². The summed E-state index contributed by atoms with van der Waals surface area (Å²) in [4.78, 5) is 0. The molecule has 1 atom stereocenters. The van der Waals surface area contributed by atoms with Crippen LogP contribution in [0.3, 0.4) is 0 Å². The van der Waals surface area contributed by atoms with Crippen LogP contribution in [0.2, 0.25) is 5.04 Å². The summed E-state index contributed by atoms with van der Waals surface area (Å²) in [7, 11) is -0.971. The van der Waals surface area contributed by atoms with Gasteiger partial charge in [0.15, 0.2) is 9.76 Å². The smallest absolute Gasteiger partial charge is 0.415 e. The van der Waals surface area contributed by atoms with Crippen LogP contribution in [0.1, 0.15) is 89.5 Å². The van der Waals surface area contributed by atoms with Gasteiger partial charge in [-0.2, -0.15) is 13.2 Å². The lowest BCUT2D eigenvalue weighted by Crippen LogP contribution is -2.30. The van der Waals surface area contributed by atoms with Gasteiger partial charge in [0.25, 0.3) is 0 Å². The van der Waals surface area contributed by atoms with E-state index in [1.165, 1.54) is 12.1 Å². The van der Waals surface area contributed by atoms with Gasteiger partial charge in [-0.3, -0.25) is 0 Å². The minimum atomic E-state index is -4.42. The molecule has 1 aliphatic rings. The first-order chi connectivity index (χ1) is 12.3. The number of aliphatic hydroxyl groups is 1. The molecular weight excluding hydrogens is 369 g/mol. The van der Waals surface area contributed by atoms with Gasteiger partial charge in [0.1, 0.15) is 0 Å². The summed E-state index contributed by atoms with van der Waals surface area (Å²) in [5, 5.41) is 11.0. The maximum Gasteiger partial charge on any atom is 0.416 e. The number of hydrogen-bond donors (Lipinski definition) is 1. The highest BCUT2D eigenvalue weighted by Gasteiger charge is 2.36. The Morgan fingerprint density at radius 1 is 1.04 bits per heavy atom. The van der Waals surface area contributed by atoms with E-state index in [9.17, 15) is 18.3 Å². The van der Waals surface area contributed by atoms with Crippen molar-refractivity contribution in [1.29, 1.82) is 0 Å². The average molecular weight is 403 g/mol. The van der Waals surface area contributed by atoms with Crippen molar-refractivity contribution in [2.24, 2.45) is 5.92 Å². The maximum atomic E-state index is 13.3. The van der Waals surface area contributed by atoms with E-state index in [2.05, 4.69) is 20.8 Å². The molecule has 0 aliphatic heterocycles. The molecule has 154 valence electrons. The topological polar surface area (TPSA) is 29.5 Å². The van der Waals surface area contributed by atoms with Crippen molar-refractivity contribution in [2.75, 3.05) is 0 Å². The molecule has 27 heavy (non-hydrogen) atoms. The van der Waals surface area contributed by atoms with E-state index in [4.69, 9.17) is 4.43 Å². The molecule has 1 saturated carbocycles. The van der Waals surface area contributed by atoms with E-state index in [1.54, 1.807) is 0 Å². The average Bonchev–Trinajstić information content (AvgIpc) is 2.58. The van der Waals surface area contributed by atoms with Gasteiger partial charge in [-0.1, -0.05) is 46.1 Å². The summed E-state index contributed by atoms with van der Waals surface area (Å²) in [6.07, 6.45) is -0.0422. The van der Waals surface area contributed by atoms with E-state index < -0.39 is 33.2 Å². The molecule has 0 amide bonds. The third-order valence-corrected chi connectivity index (χ3v) is 7.04. The molecule has 0 bridgehead atoms. The quantitative estimate of drug-likeness (QED) is 0.624. The first kappa shape index (κ1) is 22.4. The molecule has 6 heteroatoms. The lowest BCUT2D eigenvalue weighted by Gasteiger charge is -2.35. The Hall–Kier alpha value is -0.853. The zero-order valence-corrected chi connectivity index (χ0v) is 18.5. The van der Waals surface area contributed by atoms with Crippen molar-refractivity contribution in [1.82, 2.24) is 0 Å². The molecule has 2 rings (SSSR count). The van der Waals surface area contributed by atoms with Crippen molar-refractivity contribution in [3.63, 3.8) is 0 Å². The predicted molar refractivity (Wildman–Crippen MR) is 105 cm³/mol. The molecule has 1 unspecified atom stereocenters. The molecule has 1 N–H and O–H groups in total. The number of hydrogen-bond acceptors (Lipinski definition) is 2. The predicted octanol–water partition coefficient (Wildman–Crippen LogP) is 5.87. The molecule has 1 fully saturated rings. The van der Waals surface area contributed by atoms with Gasteiger partial charge < -0.3 is 9.53 Å². The summed E-state index contributed by atoms with van der Waals surface area (Å²) in [5.41, 5.74) is -0.507. The monoisotopic (exact) mass is 402 g/mol. The van der Waals surface area contributed by atoms with E-state index in [0.29, 0.717) is 11.1 Å². The highest BCUT2D eigenvalue weighted by atomic mass is 28.2. The van der Waals surface area contributed by atoms with Gasteiger partial charge in [0.2, 0.25) is 0 Å². The minimum Gasteiger partial charge on any atom is -0.415 e. The van der Waals surface area contributed by atoms with Crippen LogP contribution >= 0.6 is 0 Å². The Morgan fingerprint density at radius 2 is 1.63 bits per heavy atom. The molecular formula is C21H33F3O2Si. The summed E-state index contributed by atoms with van der Waals surface area (Å²) < 4.78 is 46.2. The van der Waals surface area contributed by atoms with E-state index in [1.807, 2.05) is 13.8 Å².